The summed E-state index contributed by atoms with van der Waals surface area (Å²) >= 11 is 0. The summed E-state index contributed by atoms with van der Waals surface area (Å²) in [4.78, 5) is 42.4. The number of hydrogen-bond donors (Lipinski definition) is 2. The first-order chi connectivity index (χ1) is 12.9. The summed E-state index contributed by atoms with van der Waals surface area (Å²) < 4.78 is 4.78. The number of aromatic nitrogens is 1. The molecular weight excluding hydrogens is 348 g/mol. The molecule has 1 aromatic heterocycles. The molecule has 148 valence electrons. The van der Waals surface area contributed by atoms with E-state index in [2.05, 4.69) is 15.6 Å². The summed E-state index contributed by atoms with van der Waals surface area (Å²) in [6.07, 6.45) is 3.27. The average molecular weight is 376 g/mol. The number of hydrogen-bond acceptors (Lipinski definition) is 5. The fourth-order valence-electron chi connectivity index (χ4n) is 3.08. The normalized spacial score (nSPS) is 15.9. The summed E-state index contributed by atoms with van der Waals surface area (Å²) in [6.45, 7) is 4.88. The molecule has 1 saturated heterocycles. The van der Waals surface area contributed by atoms with E-state index in [0.717, 1.165) is 0 Å². The molecule has 2 rings (SSSR count). The molecule has 1 aliphatic heterocycles. The van der Waals surface area contributed by atoms with Gasteiger partial charge in [0.05, 0.1) is 7.11 Å². The Morgan fingerprint density at radius 1 is 1.26 bits per heavy atom. The Labute approximate surface area is 159 Å². The number of amides is 3. The molecule has 0 saturated carbocycles. The average Bonchev–Trinajstić information content (AvgIpc) is 2.67. The summed E-state index contributed by atoms with van der Waals surface area (Å²) in [5, 5.41) is 5.56. The van der Waals surface area contributed by atoms with E-state index in [0.29, 0.717) is 38.2 Å². The monoisotopic (exact) mass is 376 g/mol. The summed E-state index contributed by atoms with van der Waals surface area (Å²) in [6, 6.07) is 4.38. The first-order valence-corrected chi connectivity index (χ1v) is 9.26. The molecule has 3 amide bonds. The number of esters is 1. The predicted octanol–water partition coefficient (Wildman–Crippen LogP) is 2.03. The van der Waals surface area contributed by atoms with Crippen LogP contribution in [0.5, 0.6) is 0 Å². The number of pyridine rings is 1. The number of urea groups is 1. The second kappa shape index (κ2) is 9.89. The molecule has 0 bridgehead atoms. The van der Waals surface area contributed by atoms with Crippen LogP contribution in [-0.4, -0.2) is 54.0 Å². The van der Waals surface area contributed by atoms with Gasteiger partial charge in [0.1, 0.15) is 11.9 Å². The maximum Gasteiger partial charge on any atom is 0.328 e. The van der Waals surface area contributed by atoms with Gasteiger partial charge in [-0.15, -0.1) is 0 Å². The van der Waals surface area contributed by atoms with Gasteiger partial charge in [0.2, 0.25) is 5.91 Å². The Morgan fingerprint density at radius 3 is 2.52 bits per heavy atom. The van der Waals surface area contributed by atoms with Gasteiger partial charge in [-0.25, -0.2) is 14.6 Å². The highest BCUT2D eigenvalue weighted by Gasteiger charge is 2.30. The van der Waals surface area contributed by atoms with Crippen molar-refractivity contribution in [2.24, 2.45) is 11.8 Å². The van der Waals surface area contributed by atoms with Crippen LogP contribution in [0, 0.1) is 11.8 Å². The SMILES string of the molecule is COC(=O)[C@H](CC(C)C)NC(=O)N1CCC(C(=O)Nc2ccccn2)CC1. The first-order valence-electron chi connectivity index (χ1n) is 9.26. The molecule has 2 N–H and O–H groups in total. The fourth-order valence-corrected chi connectivity index (χ4v) is 3.08. The zero-order valence-corrected chi connectivity index (χ0v) is 16.1. The number of ether oxygens (including phenoxy) is 1. The molecule has 27 heavy (non-hydrogen) atoms. The molecule has 0 aliphatic carbocycles. The van der Waals surface area contributed by atoms with Gasteiger partial charge in [0.15, 0.2) is 0 Å². The van der Waals surface area contributed by atoms with Crippen LogP contribution in [-0.2, 0) is 14.3 Å². The van der Waals surface area contributed by atoms with Crippen molar-refractivity contribution in [2.45, 2.75) is 39.2 Å². The highest BCUT2D eigenvalue weighted by atomic mass is 16.5. The summed E-state index contributed by atoms with van der Waals surface area (Å²) in [5.74, 6) is 0.0820. The van der Waals surface area contributed by atoms with Crippen LogP contribution >= 0.6 is 0 Å². The molecular formula is C19H28N4O4. The Balaban J connectivity index is 1.84. The van der Waals surface area contributed by atoms with Crippen molar-refractivity contribution in [1.82, 2.24) is 15.2 Å². The van der Waals surface area contributed by atoms with E-state index < -0.39 is 12.0 Å². The first kappa shape index (κ1) is 20.7. The van der Waals surface area contributed by atoms with Crippen LogP contribution in [0.15, 0.2) is 24.4 Å². The minimum Gasteiger partial charge on any atom is -0.467 e. The number of nitrogens with zero attached hydrogens (tertiary/aromatic N) is 2. The van der Waals surface area contributed by atoms with Crippen LogP contribution in [0.3, 0.4) is 0 Å². The smallest absolute Gasteiger partial charge is 0.328 e. The van der Waals surface area contributed by atoms with E-state index in [9.17, 15) is 14.4 Å². The Hall–Kier alpha value is -2.64. The molecule has 0 spiro atoms. The molecule has 8 nitrogen and oxygen atoms in total. The van der Waals surface area contributed by atoms with Gasteiger partial charge >= 0.3 is 12.0 Å². The van der Waals surface area contributed by atoms with Crippen molar-refractivity contribution in [3.63, 3.8) is 0 Å². The third-order valence-corrected chi connectivity index (χ3v) is 4.56. The van der Waals surface area contributed by atoms with Crippen molar-refractivity contribution in [2.75, 3.05) is 25.5 Å². The number of piperidine rings is 1. The van der Waals surface area contributed by atoms with E-state index in [1.165, 1.54) is 7.11 Å². The quantitative estimate of drug-likeness (QED) is 0.740. The van der Waals surface area contributed by atoms with Gasteiger partial charge < -0.3 is 20.3 Å². The summed E-state index contributed by atoms with van der Waals surface area (Å²) in [7, 11) is 1.31. The predicted molar refractivity (Wildman–Crippen MR) is 101 cm³/mol. The van der Waals surface area contributed by atoms with Crippen molar-refractivity contribution < 1.29 is 19.1 Å². The van der Waals surface area contributed by atoms with Crippen LogP contribution < -0.4 is 10.6 Å². The van der Waals surface area contributed by atoms with Crippen molar-refractivity contribution in [3.8, 4) is 0 Å². The minimum absolute atomic E-state index is 0.0824. The second-order valence-corrected chi connectivity index (χ2v) is 7.12. The van der Waals surface area contributed by atoms with E-state index in [-0.39, 0.29) is 23.8 Å². The minimum atomic E-state index is -0.660. The lowest BCUT2D eigenvalue weighted by atomic mass is 9.96. The van der Waals surface area contributed by atoms with Crippen LogP contribution in [0.1, 0.15) is 33.1 Å². The van der Waals surface area contributed by atoms with Crippen molar-refractivity contribution >= 4 is 23.7 Å². The zero-order chi connectivity index (χ0) is 19.8. The van der Waals surface area contributed by atoms with Gasteiger partial charge in [-0.1, -0.05) is 19.9 Å². The highest BCUT2D eigenvalue weighted by Crippen LogP contribution is 2.19. The molecule has 2 heterocycles. The molecule has 8 heteroatoms. The third kappa shape index (κ3) is 6.23. The lowest BCUT2D eigenvalue weighted by Gasteiger charge is -2.32. The largest absolute Gasteiger partial charge is 0.467 e. The fraction of sp³-hybridized carbons (Fsp3) is 0.579. The molecule has 0 unspecified atom stereocenters. The number of nitrogens with one attached hydrogen (secondary N) is 2. The lowest BCUT2D eigenvalue weighted by Crippen LogP contribution is -2.51. The molecule has 1 aliphatic rings. The Bertz CT molecular complexity index is 642. The van der Waals surface area contributed by atoms with E-state index >= 15 is 0 Å². The van der Waals surface area contributed by atoms with Gasteiger partial charge in [-0.05, 0) is 37.3 Å². The molecule has 1 fully saturated rings. The van der Waals surface area contributed by atoms with Gasteiger partial charge in [-0.3, -0.25) is 4.79 Å². The van der Waals surface area contributed by atoms with Crippen molar-refractivity contribution in [1.29, 1.82) is 0 Å². The number of anilines is 1. The maximum atomic E-state index is 12.5. The maximum absolute atomic E-state index is 12.5. The molecule has 1 atom stereocenters. The standard InChI is InChI=1S/C19H28N4O4/c1-13(2)12-15(18(25)27-3)21-19(26)23-10-7-14(8-11-23)17(24)22-16-6-4-5-9-20-16/h4-6,9,13-15H,7-8,10-12H2,1-3H3,(H,21,26)(H,20,22,24)/t15-/m0/s1. The summed E-state index contributed by atoms with van der Waals surface area (Å²) in [5.41, 5.74) is 0. The molecule has 0 radical (unpaired) electrons. The lowest BCUT2D eigenvalue weighted by molar-refractivity contribution is -0.143. The second-order valence-electron chi connectivity index (χ2n) is 7.12. The molecule has 0 aromatic carbocycles. The number of methoxy groups -OCH3 is 1. The van der Waals surface area contributed by atoms with Gasteiger partial charge in [0, 0.05) is 25.2 Å². The number of carbonyl (C=O) groups excluding carboxylic acids is 3. The van der Waals surface area contributed by atoms with E-state index in [4.69, 9.17) is 4.74 Å². The third-order valence-electron chi connectivity index (χ3n) is 4.56. The zero-order valence-electron chi connectivity index (χ0n) is 16.1. The van der Waals surface area contributed by atoms with Gasteiger partial charge in [-0.2, -0.15) is 0 Å². The van der Waals surface area contributed by atoms with Crippen molar-refractivity contribution in [3.05, 3.63) is 24.4 Å². The van der Waals surface area contributed by atoms with Crippen LogP contribution in [0.2, 0.25) is 0 Å². The topological polar surface area (TPSA) is 101 Å². The van der Waals surface area contributed by atoms with Crippen LogP contribution in [0.4, 0.5) is 10.6 Å². The van der Waals surface area contributed by atoms with E-state index in [1.807, 2.05) is 19.9 Å². The Morgan fingerprint density at radius 2 is 1.96 bits per heavy atom. The van der Waals surface area contributed by atoms with Crippen LogP contribution in [0.25, 0.3) is 0 Å². The highest BCUT2D eigenvalue weighted by molar-refractivity contribution is 5.92. The number of carbonyl (C=O) groups is 3. The Kier molecular flexibility index (Phi) is 7.57. The number of likely N-dealkylation sites (tertiary alicyclic amines) is 1. The number of rotatable bonds is 6. The van der Waals surface area contributed by atoms with E-state index in [1.54, 1.807) is 23.2 Å². The van der Waals surface area contributed by atoms with Gasteiger partial charge in [0.25, 0.3) is 0 Å². The molecule has 1 aromatic rings.